The first-order valence-corrected chi connectivity index (χ1v) is 5.60. The Bertz CT molecular complexity index is 221. The van der Waals surface area contributed by atoms with Crippen LogP contribution in [0, 0.1) is 5.92 Å². The maximum absolute atomic E-state index is 11.7. The van der Waals surface area contributed by atoms with Crippen molar-refractivity contribution in [3.63, 3.8) is 0 Å². The van der Waals surface area contributed by atoms with Gasteiger partial charge in [0.2, 0.25) is 0 Å². The highest BCUT2D eigenvalue weighted by Gasteiger charge is 2.25. The number of likely N-dealkylation sites (tertiary alicyclic amines) is 1. The lowest BCUT2D eigenvalue weighted by atomic mass is 9.97. The molecule has 1 saturated heterocycles. The summed E-state index contributed by atoms with van der Waals surface area (Å²) in [5.74, 6) is 0.573. The molecular formula is C11H24N2O2. The van der Waals surface area contributed by atoms with E-state index in [9.17, 15) is 4.79 Å². The maximum Gasteiger partial charge on any atom is 0.410 e. The molecule has 0 radical (unpaired) electrons. The monoisotopic (exact) mass is 216 g/mol. The minimum Gasteiger partial charge on any atom is -0.444 e. The second-order valence-electron chi connectivity index (χ2n) is 5.15. The normalized spacial score (nSPS) is 19.1. The quantitative estimate of drug-likeness (QED) is 0.727. The smallest absolute Gasteiger partial charge is 0.410 e. The van der Waals surface area contributed by atoms with Gasteiger partial charge in [0.15, 0.2) is 0 Å². The molecule has 0 atom stereocenters. The van der Waals surface area contributed by atoms with Gasteiger partial charge in [0.05, 0.1) is 0 Å². The molecule has 15 heavy (non-hydrogen) atoms. The van der Waals surface area contributed by atoms with E-state index in [1.165, 1.54) is 0 Å². The third kappa shape index (κ3) is 4.08. The minimum atomic E-state index is -0.401. The van der Waals surface area contributed by atoms with Crippen molar-refractivity contribution in [2.24, 2.45) is 11.7 Å². The van der Waals surface area contributed by atoms with Crippen LogP contribution in [0.5, 0.6) is 0 Å². The van der Waals surface area contributed by atoms with E-state index >= 15 is 0 Å². The first kappa shape index (κ1) is 12.3. The van der Waals surface area contributed by atoms with Gasteiger partial charge in [-0.25, -0.2) is 4.79 Å². The van der Waals surface area contributed by atoms with Crippen LogP contribution < -0.4 is 5.73 Å². The van der Waals surface area contributed by atoms with Crippen molar-refractivity contribution in [3.05, 3.63) is 0 Å². The first-order valence-electron chi connectivity index (χ1n) is 5.60. The average Bonchev–Trinajstić information content (AvgIpc) is 2.15. The van der Waals surface area contributed by atoms with Crippen LogP contribution >= 0.6 is 0 Å². The summed E-state index contributed by atoms with van der Waals surface area (Å²) in [6.45, 7) is 7.93. The summed E-state index contributed by atoms with van der Waals surface area (Å²) in [6.07, 6.45) is 1.80. The second-order valence-corrected chi connectivity index (χ2v) is 5.15. The summed E-state index contributed by atoms with van der Waals surface area (Å²) >= 11 is 0. The van der Waals surface area contributed by atoms with Gasteiger partial charge in [-0.1, -0.05) is 0 Å². The van der Waals surface area contributed by atoms with Crippen molar-refractivity contribution in [1.82, 2.24) is 4.90 Å². The van der Waals surface area contributed by atoms with Gasteiger partial charge in [-0.3, -0.25) is 0 Å². The summed E-state index contributed by atoms with van der Waals surface area (Å²) in [5, 5.41) is 0. The third-order valence-electron chi connectivity index (χ3n) is 2.60. The molecule has 1 fully saturated rings. The largest absolute Gasteiger partial charge is 0.444 e. The summed E-state index contributed by atoms with van der Waals surface area (Å²) in [6, 6.07) is 0. The fraction of sp³-hybridized carbons (Fsp3) is 0.909. The van der Waals surface area contributed by atoms with Crippen molar-refractivity contribution in [3.8, 4) is 0 Å². The number of amides is 1. The fourth-order valence-corrected chi connectivity index (χ4v) is 1.68. The molecule has 4 heteroatoms. The van der Waals surface area contributed by atoms with Crippen LogP contribution in [0.1, 0.15) is 35.0 Å². The molecule has 1 heterocycles. The predicted molar refractivity (Wildman–Crippen MR) is 61.7 cm³/mol. The Morgan fingerprint density at radius 1 is 1.47 bits per heavy atom. The minimum absolute atomic E-state index is 0. The summed E-state index contributed by atoms with van der Waals surface area (Å²) in [5.41, 5.74) is 5.19. The van der Waals surface area contributed by atoms with Crippen LogP contribution in [0.25, 0.3) is 0 Å². The van der Waals surface area contributed by atoms with E-state index in [1.54, 1.807) is 4.90 Å². The highest BCUT2D eigenvalue weighted by molar-refractivity contribution is 5.68. The van der Waals surface area contributed by atoms with Crippen molar-refractivity contribution in [2.75, 3.05) is 19.6 Å². The third-order valence-corrected chi connectivity index (χ3v) is 2.60. The molecule has 4 nitrogen and oxygen atoms in total. The second kappa shape index (κ2) is 4.84. The van der Waals surface area contributed by atoms with Crippen LogP contribution in [-0.4, -0.2) is 36.2 Å². The number of ether oxygens (including phenoxy) is 1. The van der Waals surface area contributed by atoms with Gasteiger partial charge in [0.1, 0.15) is 5.60 Å². The topological polar surface area (TPSA) is 55.6 Å². The van der Waals surface area contributed by atoms with E-state index < -0.39 is 5.60 Å². The Kier molecular flexibility index (Phi) is 3.97. The fourth-order valence-electron chi connectivity index (χ4n) is 1.68. The number of hydrogen-bond acceptors (Lipinski definition) is 3. The lowest BCUT2D eigenvalue weighted by Gasteiger charge is -2.32. The van der Waals surface area contributed by atoms with Gasteiger partial charge in [-0.2, -0.15) is 0 Å². The number of nitrogens with zero attached hydrogens (tertiary/aromatic N) is 1. The van der Waals surface area contributed by atoms with E-state index in [2.05, 4.69) is 0 Å². The van der Waals surface area contributed by atoms with Crippen LogP contribution in [0.3, 0.4) is 0 Å². The molecule has 0 aromatic rings. The molecular weight excluding hydrogens is 192 g/mol. The van der Waals surface area contributed by atoms with E-state index in [1.807, 2.05) is 20.8 Å². The highest BCUT2D eigenvalue weighted by atomic mass is 16.6. The standard InChI is InChI=1S/C11H22N2O2.H2/c1-11(2,3)15-10(14)13-6-4-9(8-12)5-7-13;/h9H,4-8,12H2,1-3H3;1H. The summed E-state index contributed by atoms with van der Waals surface area (Å²) in [4.78, 5) is 13.5. The lowest BCUT2D eigenvalue weighted by molar-refractivity contribution is 0.0187. The van der Waals surface area contributed by atoms with Crippen LogP contribution in [0.15, 0.2) is 0 Å². The van der Waals surface area contributed by atoms with Crippen LogP contribution in [0.2, 0.25) is 0 Å². The van der Waals surface area contributed by atoms with Crippen molar-refractivity contribution < 1.29 is 11.0 Å². The van der Waals surface area contributed by atoms with Gasteiger partial charge < -0.3 is 15.4 Å². The summed E-state index contributed by atoms with van der Waals surface area (Å²) in [7, 11) is 0. The van der Waals surface area contributed by atoms with E-state index in [0.29, 0.717) is 5.92 Å². The molecule has 90 valence electrons. The van der Waals surface area contributed by atoms with Crippen LogP contribution in [0.4, 0.5) is 4.79 Å². The lowest BCUT2D eigenvalue weighted by Crippen LogP contribution is -2.42. The van der Waals surface area contributed by atoms with E-state index in [4.69, 9.17) is 10.5 Å². The number of piperidine rings is 1. The SMILES string of the molecule is CC(C)(C)OC(=O)N1CCC(CN)CC1.[HH]. The van der Waals surface area contributed by atoms with E-state index in [0.717, 1.165) is 32.5 Å². The number of rotatable bonds is 1. The van der Waals surface area contributed by atoms with Gasteiger partial charge in [0, 0.05) is 14.5 Å². The molecule has 0 spiro atoms. The van der Waals surface area contributed by atoms with Crippen molar-refractivity contribution >= 4 is 6.09 Å². The molecule has 0 saturated carbocycles. The van der Waals surface area contributed by atoms with Gasteiger partial charge in [-0.05, 0) is 46.1 Å². The zero-order valence-electron chi connectivity index (χ0n) is 9.95. The highest BCUT2D eigenvalue weighted by Crippen LogP contribution is 2.18. The Balaban J connectivity index is 0.00000225. The predicted octanol–water partition coefficient (Wildman–Crippen LogP) is 1.84. The Hall–Kier alpha value is -0.770. The molecule has 1 amide bonds. The molecule has 1 aliphatic rings. The molecule has 0 unspecified atom stereocenters. The molecule has 0 aliphatic carbocycles. The average molecular weight is 216 g/mol. The maximum atomic E-state index is 11.7. The molecule has 0 aromatic carbocycles. The molecule has 2 N–H and O–H groups in total. The molecule has 1 rings (SSSR count). The number of carbonyl (C=O) groups excluding carboxylic acids is 1. The Labute approximate surface area is 93.2 Å². The van der Waals surface area contributed by atoms with Gasteiger partial charge >= 0.3 is 6.09 Å². The van der Waals surface area contributed by atoms with Gasteiger partial charge in [-0.15, -0.1) is 0 Å². The summed E-state index contributed by atoms with van der Waals surface area (Å²) < 4.78 is 5.30. The van der Waals surface area contributed by atoms with Crippen molar-refractivity contribution in [2.45, 2.75) is 39.2 Å². The van der Waals surface area contributed by atoms with Crippen molar-refractivity contribution in [1.29, 1.82) is 0 Å². The Morgan fingerprint density at radius 3 is 2.40 bits per heavy atom. The number of hydrogen-bond donors (Lipinski definition) is 1. The van der Waals surface area contributed by atoms with Gasteiger partial charge in [0.25, 0.3) is 0 Å². The molecule has 0 bridgehead atoms. The number of carbonyl (C=O) groups is 1. The number of nitrogens with two attached hydrogens (primary N) is 1. The molecule has 1 aliphatic heterocycles. The first-order chi connectivity index (χ1) is 6.92. The zero-order chi connectivity index (χ0) is 11.5. The van der Waals surface area contributed by atoms with E-state index in [-0.39, 0.29) is 7.52 Å². The zero-order valence-corrected chi connectivity index (χ0v) is 9.95. The Morgan fingerprint density at radius 2 is 2.00 bits per heavy atom. The molecule has 0 aromatic heterocycles. The van der Waals surface area contributed by atoms with Crippen LogP contribution in [-0.2, 0) is 4.74 Å².